The molecule has 1 amide bonds. The molecular weight excluding hydrogens is 496 g/mol. The molecule has 3 aromatic rings. The van der Waals surface area contributed by atoms with Crippen molar-refractivity contribution >= 4 is 24.0 Å². The van der Waals surface area contributed by atoms with Crippen LogP contribution in [0.3, 0.4) is 0 Å². The molecule has 0 spiro atoms. The number of carbonyl (C=O) groups is 2. The molecule has 5 heterocycles. The Morgan fingerprint density at radius 2 is 1.87 bits per heavy atom. The van der Waals surface area contributed by atoms with Crippen molar-refractivity contribution < 1.29 is 14.3 Å². The van der Waals surface area contributed by atoms with E-state index in [1.165, 1.54) is 6.42 Å². The number of rotatable bonds is 7. The lowest BCUT2D eigenvalue weighted by atomic mass is 10.1. The summed E-state index contributed by atoms with van der Waals surface area (Å²) in [6.45, 7) is 13.2. The van der Waals surface area contributed by atoms with E-state index >= 15 is 0 Å². The van der Waals surface area contributed by atoms with Crippen LogP contribution in [-0.2, 0) is 22.6 Å². The predicted molar refractivity (Wildman–Crippen MR) is 150 cm³/mol. The topological polar surface area (TPSA) is 110 Å². The molecule has 0 atom stereocenters. The average Bonchev–Trinajstić information content (AvgIpc) is 3.43. The Balaban J connectivity index is 0.000000448. The van der Waals surface area contributed by atoms with Gasteiger partial charge in [-0.1, -0.05) is 6.07 Å². The molecule has 11 heteroatoms. The van der Waals surface area contributed by atoms with E-state index in [0.29, 0.717) is 36.9 Å². The second kappa shape index (κ2) is 11.5. The molecule has 1 fully saturated rings. The molecular formula is C28H38N8O3. The number of hydrogen-bond acceptors (Lipinski definition) is 9. The van der Waals surface area contributed by atoms with Crippen molar-refractivity contribution in [3.63, 3.8) is 0 Å². The van der Waals surface area contributed by atoms with Crippen molar-refractivity contribution in [1.82, 2.24) is 29.6 Å². The summed E-state index contributed by atoms with van der Waals surface area (Å²) >= 11 is 0. The molecule has 0 saturated carbocycles. The zero-order chi connectivity index (χ0) is 28.3. The Hall–Kier alpha value is -3.86. The van der Waals surface area contributed by atoms with E-state index in [1.807, 2.05) is 63.7 Å². The van der Waals surface area contributed by atoms with E-state index in [-0.39, 0.29) is 17.6 Å². The lowest BCUT2D eigenvalue weighted by Crippen LogP contribution is -2.38. The first-order valence-corrected chi connectivity index (χ1v) is 13.2. The number of anilines is 2. The van der Waals surface area contributed by atoms with Gasteiger partial charge in [0.15, 0.2) is 5.82 Å². The Bertz CT molecular complexity index is 1320. The third kappa shape index (κ3) is 6.42. The number of aromatic nitrogens is 5. The summed E-state index contributed by atoms with van der Waals surface area (Å²) in [7, 11) is 4.05. The van der Waals surface area contributed by atoms with Crippen molar-refractivity contribution in [3.8, 4) is 11.5 Å². The smallest absolute Gasteiger partial charge is 0.293 e. The van der Waals surface area contributed by atoms with E-state index in [2.05, 4.69) is 38.6 Å². The van der Waals surface area contributed by atoms with Gasteiger partial charge in [-0.15, -0.1) is 10.2 Å². The largest absolute Gasteiger partial charge is 0.462 e. The molecule has 0 bridgehead atoms. The van der Waals surface area contributed by atoms with Gasteiger partial charge in [0.25, 0.3) is 12.4 Å². The normalized spacial score (nSPS) is 14.7. The molecule has 0 aromatic carbocycles. The van der Waals surface area contributed by atoms with Crippen molar-refractivity contribution in [3.05, 3.63) is 47.4 Å². The second-order valence-electron chi connectivity index (χ2n) is 11.3. The van der Waals surface area contributed by atoms with Gasteiger partial charge in [0.1, 0.15) is 29.3 Å². The summed E-state index contributed by atoms with van der Waals surface area (Å²) in [5.41, 5.74) is 3.06. The summed E-state index contributed by atoms with van der Waals surface area (Å²) in [5.74, 6) is 2.18. The fraction of sp³-hybridized carbons (Fsp3) is 0.500. The van der Waals surface area contributed by atoms with Gasteiger partial charge in [0, 0.05) is 31.2 Å². The summed E-state index contributed by atoms with van der Waals surface area (Å²) in [6, 6.07) is 7.86. The summed E-state index contributed by atoms with van der Waals surface area (Å²) in [5, 5.41) is 8.30. The first-order valence-electron chi connectivity index (χ1n) is 13.2. The fourth-order valence-corrected chi connectivity index (χ4v) is 4.32. The van der Waals surface area contributed by atoms with Crippen LogP contribution in [0.4, 0.5) is 11.6 Å². The number of fused-ring (bicyclic) bond motifs is 1. The van der Waals surface area contributed by atoms with Crippen molar-refractivity contribution in [2.75, 3.05) is 37.0 Å². The Labute approximate surface area is 229 Å². The standard InChI is InChI=1S/C23H28N8O.C5H10O2/c1-15(2)31-14-24-27-22(31)18-7-5-8-20(25-18)30-12-17-16(23(30)32)11-21(29-9-6-10-29)26-19(17)13-28(3)4;1-5(2,3)7-4-6/h5,7-8,11,14-15H,6,9-10,12-13H2,1-4H3;4H,1-3H3. The van der Waals surface area contributed by atoms with Crippen LogP contribution in [-0.4, -0.2) is 74.8 Å². The van der Waals surface area contributed by atoms with Crippen LogP contribution in [0, 0.1) is 0 Å². The van der Waals surface area contributed by atoms with Crippen LogP contribution < -0.4 is 9.80 Å². The van der Waals surface area contributed by atoms with Crippen LogP contribution in [0.1, 0.15) is 68.7 Å². The first-order chi connectivity index (χ1) is 18.5. The van der Waals surface area contributed by atoms with E-state index in [1.54, 1.807) is 11.2 Å². The number of amides is 1. The van der Waals surface area contributed by atoms with E-state index in [4.69, 9.17) is 9.97 Å². The maximum atomic E-state index is 13.5. The molecule has 0 aliphatic carbocycles. The molecule has 2 aliphatic rings. The molecule has 0 N–H and O–H groups in total. The molecule has 39 heavy (non-hydrogen) atoms. The van der Waals surface area contributed by atoms with Crippen LogP contribution in [0.2, 0.25) is 0 Å². The molecule has 11 nitrogen and oxygen atoms in total. The fourth-order valence-electron chi connectivity index (χ4n) is 4.32. The quantitative estimate of drug-likeness (QED) is 0.419. The average molecular weight is 535 g/mol. The monoisotopic (exact) mass is 534 g/mol. The Morgan fingerprint density at radius 3 is 2.44 bits per heavy atom. The van der Waals surface area contributed by atoms with Gasteiger partial charge in [-0.2, -0.15) is 0 Å². The van der Waals surface area contributed by atoms with Crippen molar-refractivity contribution in [1.29, 1.82) is 0 Å². The van der Waals surface area contributed by atoms with Gasteiger partial charge in [-0.25, -0.2) is 9.97 Å². The van der Waals surface area contributed by atoms with Gasteiger partial charge in [0.05, 0.1) is 17.8 Å². The third-order valence-electron chi connectivity index (χ3n) is 6.41. The van der Waals surface area contributed by atoms with Crippen molar-refractivity contribution in [2.45, 2.75) is 65.8 Å². The van der Waals surface area contributed by atoms with Crippen LogP contribution in [0.25, 0.3) is 11.5 Å². The van der Waals surface area contributed by atoms with E-state index in [9.17, 15) is 9.59 Å². The van der Waals surface area contributed by atoms with E-state index < -0.39 is 0 Å². The third-order valence-corrected chi connectivity index (χ3v) is 6.41. The highest BCUT2D eigenvalue weighted by molar-refractivity contribution is 6.10. The molecule has 208 valence electrons. The molecule has 3 aromatic heterocycles. The first kappa shape index (κ1) is 28.2. The van der Waals surface area contributed by atoms with Crippen LogP contribution in [0.15, 0.2) is 30.6 Å². The minimum absolute atomic E-state index is 0.0286. The van der Waals surface area contributed by atoms with Gasteiger partial charge >= 0.3 is 0 Å². The maximum absolute atomic E-state index is 13.5. The van der Waals surface area contributed by atoms with Gasteiger partial charge < -0.3 is 19.1 Å². The summed E-state index contributed by atoms with van der Waals surface area (Å²) < 4.78 is 6.53. The maximum Gasteiger partial charge on any atom is 0.293 e. The number of pyridine rings is 2. The minimum atomic E-state index is -0.318. The van der Waals surface area contributed by atoms with Crippen LogP contribution in [0.5, 0.6) is 0 Å². The molecule has 5 rings (SSSR count). The molecule has 2 aliphatic heterocycles. The highest BCUT2D eigenvalue weighted by atomic mass is 16.5. The van der Waals surface area contributed by atoms with Gasteiger partial charge in [0.2, 0.25) is 0 Å². The SMILES string of the molecule is CC(C)(C)OC=O.CC(C)n1cnnc1-c1cccc(N2Cc3c(cc(N4CCC4)nc3CN(C)C)C2=O)n1. The highest BCUT2D eigenvalue weighted by Crippen LogP contribution is 2.33. The zero-order valence-corrected chi connectivity index (χ0v) is 23.9. The Morgan fingerprint density at radius 1 is 1.13 bits per heavy atom. The summed E-state index contributed by atoms with van der Waals surface area (Å²) in [6.07, 6.45) is 2.88. The van der Waals surface area contributed by atoms with E-state index in [0.717, 1.165) is 35.7 Å². The molecule has 0 radical (unpaired) electrons. The lowest BCUT2D eigenvalue weighted by Gasteiger charge is -2.32. The zero-order valence-electron chi connectivity index (χ0n) is 23.9. The van der Waals surface area contributed by atoms with Crippen molar-refractivity contribution in [2.24, 2.45) is 0 Å². The number of carbonyl (C=O) groups excluding carboxylic acids is 2. The Kier molecular flexibility index (Phi) is 8.29. The van der Waals surface area contributed by atoms with Gasteiger partial charge in [-0.3, -0.25) is 14.5 Å². The summed E-state index contributed by atoms with van der Waals surface area (Å²) in [4.78, 5) is 38.9. The molecule has 1 saturated heterocycles. The number of nitrogens with zero attached hydrogens (tertiary/aromatic N) is 8. The second-order valence-corrected chi connectivity index (χ2v) is 11.3. The predicted octanol–water partition coefficient (Wildman–Crippen LogP) is 3.71. The lowest BCUT2D eigenvalue weighted by molar-refractivity contribution is -0.138. The minimum Gasteiger partial charge on any atom is -0.462 e. The molecule has 0 unspecified atom stereocenters. The van der Waals surface area contributed by atoms with Crippen LogP contribution >= 0.6 is 0 Å². The van der Waals surface area contributed by atoms with Gasteiger partial charge in [-0.05, 0) is 73.3 Å². The number of hydrogen-bond donors (Lipinski definition) is 0. The highest BCUT2D eigenvalue weighted by Gasteiger charge is 2.34. The number of ether oxygens (including phenoxy) is 1.